The van der Waals surface area contributed by atoms with Crippen LogP contribution in [0.2, 0.25) is 0 Å². The van der Waals surface area contributed by atoms with Gasteiger partial charge in [0.2, 0.25) is 0 Å². The summed E-state index contributed by atoms with van der Waals surface area (Å²) in [6.45, 7) is 3.50. The van der Waals surface area contributed by atoms with Crippen LogP contribution in [-0.4, -0.2) is 22.9 Å². The van der Waals surface area contributed by atoms with E-state index in [4.69, 9.17) is 0 Å². The Morgan fingerprint density at radius 3 is 2.29 bits per heavy atom. The number of hydrogen-bond donors (Lipinski definition) is 3. The molecule has 1 unspecified atom stereocenters. The Labute approximate surface area is 84.4 Å². The van der Waals surface area contributed by atoms with Crippen LogP contribution in [0.4, 0.5) is 0 Å². The molecule has 0 radical (unpaired) electrons. The SMILES string of the molecule is CC(C)NC(O)(CO)c1ccccc1. The Morgan fingerprint density at radius 2 is 1.86 bits per heavy atom. The first-order valence-corrected chi connectivity index (χ1v) is 4.75. The van der Waals surface area contributed by atoms with Gasteiger partial charge in [-0.05, 0) is 13.8 Å². The van der Waals surface area contributed by atoms with Gasteiger partial charge in [0.15, 0.2) is 5.72 Å². The van der Waals surface area contributed by atoms with Gasteiger partial charge in [0.05, 0.1) is 6.61 Å². The van der Waals surface area contributed by atoms with Gasteiger partial charge in [-0.2, -0.15) is 0 Å². The van der Waals surface area contributed by atoms with Crippen LogP contribution >= 0.6 is 0 Å². The van der Waals surface area contributed by atoms with Crippen molar-refractivity contribution in [2.45, 2.75) is 25.6 Å². The van der Waals surface area contributed by atoms with Crippen molar-refractivity contribution in [3.63, 3.8) is 0 Å². The normalized spacial score (nSPS) is 15.5. The fourth-order valence-corrected chi connectivity index (χ4v) is 1.41. The van der Waals surface area contributed by atoms with Gasteiger partial charge in [0.25, 0.3) is 0 Å². The largest absolute Gasteiger partial charge is 0.392 e. The molecule has 1 aromatic rings. The molecule has 0 aliphatic rings. The molecule has 1 rings (SSSR count). The Bertz CT molecular complexity index is 274. The second-order valence-corrected chi connectivity index (χ2v) is 3.68. The summed E-state index contributed by atoms with van der Waals surface area (Å²) in [6, 6.07) is 9.21. The van der Waals surface area contributed by atoms with E-state index in [-0.39, 0.29) is 12.6 Å². The predicted molar refractivity (Wildman–Crippen MR) is 55.7 cm³/mol. The van der Waals surface area contributed by atoms with Crippen molar-refractivity contribution in [2.24, 2.45) is 0 Å². The van der Waals surface area contributed by atoms with Crippen LogP contribution in [0.15, 0.2) is 30.3 Å². The summed E-state index contributed by atoms with van der Waals surface area (Å²) in [7, 11) is 0. The predicted octanol–water partition coefficient (Wildman–Crippen LogP) is 0.822. The van der Waals surface area contributed by atoms with E-state index in [1.54, 1.807) is 12.1 Å². The highest BCUT2D eigenvalue weighted by molar-refractivity contribution is 5.21. The molecule has 1 atom stereocenters. The first-order chi connectivity index (χ1) is 6.58. The van der Waals surface area contributed by atoms with E-state index in [9.17, 15) is 10.2 Å². The molecule has 1 aromatic carbocycles. The van der Waals surface area contributed by atoms with Crippen molar-refractivity contribution in [2.75, 3.05) is 6.61 Å². The van der Waals surface area contributed by atoms with Crippen LogP contribution in [0.1, 0.15) is 19.4 Å². The third-order valence-corrected chi connectivity index (χ3v) is 2.01. The van der Waals surface area contributed by atoms with Crippen molar-refractivity contribution in [1.82, 2.24) is 5.32 Å². The lowest BCUT2D eigenvalue weighted by Crippen LogP contribution is -2.48. The van der Waals surface area contributed by atoms with Gasteiger partial charge in [-0.25, -0.2) is 0 Å². The third-order valence-electron chi connectivity index (χ3n) is 2.01. The summed E-state index contributed by atoms with van der Waals surface area (Å²) < 4.78 is 0. The van der Waals surface area contributed by atoms with Crippen molar-refractivity contribution in [3.8, 4) is 0 Å². The molecule has 14 heavy (non-hydrogen) atoms. The van der Waals surface area contributed by atoms with E-state index in [0.717, 1.165) is 0 Å². The van der Waals surface area contributed by atoms with Crippen molar-refractivity contribution >= 4 is 0 Å². The first kappa shape index (κ1) is 11.2. The number of nitrogens with one attached hydrogen (secondary N) is 1. The number of aliphatic hydroxyl groups is 2. The summed E-state index contributed by atoms with van der Waals surface area (Å²) in [4.78, 5) is 0. The van der Waals surface area contributed by atoms with E-state index in [1.165, 1.54) is 0 Å². The average molecular weight is 195 g/mol. The van der Waals surface area contributed by atoms with Gasteiger partial charge in [-0.3, -0.25) is 5.32 Å². The number of hydrogen-bond acceptors (Lipinski definition) is 3. The van der Waals surface area contributed by atoms with E-state index in [2.05, 4.69) is 5.32 Å². The van der Waals surface area contributed by atoms with Crippen LogP contribution in [0, 0.1) is 0 Å². The molecule has 0 saturated heterocycles. The van der Waals surface area contributed by atoms with Crippen molar-refractivity contribution < 1.29 is 10.2 Å². The van der Waals surface area contributed by atoms with E-state index in [0.29, 0.717) is 5.56 Å². The van der Waals surface area contributed by atoms with Gasteiger partial charge >= 0.3 is 0 Å². The maximum atomic E-state index is 10.1. The highest BCUT2D eigenvalue weighted by atomic mass is 16.3. The molecule has 0 fully saturated rings. The van der Waals surface area contributed by atoms with Crippen LogP contribution in [0.5, 0.6) is 0 Å². The number of aliphatic hydroxyl groups excluding tert-OH is 1. The smallest absolute Gasteiger partial charge is 0.165 e. The highest BCUT2D eigenvalue weighted by Crippen LogP contribution is 2.17. The molecular formula is C11H17NO2. The molecule has 0 aromatic heterocycles. The number of benzene rings is 1. The molecule has 0 bridgehead atoms. The third kappa shape index (κ3) is 2.54. The molecule has 0 aliphatic carbocycles. The quantitative estimate of drug-likeness (QED) is 0.623. The summed E-state index contributed by atoms with van der Waals surface area (Å²) in [5.41, 5.74) is -0.661. The lowest BCUT2D eigenvalue weighted by Gasteiger charge is -2.29. The fraction of sp³-hybridized carbons (Fsp3) is 0.455. The Morgan fingerprint density at radius 1 is 1.29 bits per heavy atom. The Hall–Kier alpha value is -0.900. The minimum Gasteiger partial charge on any atom is -0.392 e. The van der Waals surface area contributed by atoms with Crippen LogP contribution in [0.3, 0.4) is 0 Å². The van der Waals surface area contributed by atoms with Gasteiger partial charge in [-0.15, -0.1) is 0 Å². The second-order valence-electron chi connectivity index (χ2n) is 3.68. The summed E-state index contributed by atoms with van der Waals surface area (Å²) in [5.74, 6) is 0. The fourth-order valence-electron chi connectivity index (χ4n) is 1.41. The van der Waals surface area contributed by atoms with E-state index >= 15 is 0 Å². The van der Waals surface area contributed by atoms with Crippen LogP contribution in [0.25, 0.3) is 0 Å². The second kappa shape index (κ2) is 4.55. The summed E-state index contributed by atoms with van der Waals surface area (Å²) in [5, 5.41) is 22.2. The molecule has 3 nitrogen and oxygen atoms in total. The van der Waals surface area contributed by atoms with Crippen LogP contribution in [-0.2, 0) is 5.72 Å². The topological polar surface area (TPSA) is 52.5 Å². The zero-order valence-corrected chi connectivity index (χ0v) is 8.57. The van der Waals surface area contributed by atoms with E-state index < -0.39 is 5.72 Å². The molecule has 0 aliphatic heterocycles. The molecule has 0 heterocycles. The Kier molecular flexibility index (Phi) is 3.63. The summed E-state index contributed by atoms with van der Waals surface area (Å²) >= 11 is 0. The average Bonchev–Trinajstić information content (AvgIpc) is 2.18. The minimum atomic E-state index is -1.34. The standard InChI is InChI=1S/C11H17NO2/c1-9(2)12-11(14,8-13)10-6-4-3-5-7-10/h3-7,9,12-14H,8H2,1-2H3. The summed E-state index contributed by atoms with van der Waals surface area (Å²) in [6.07, 6.45) is 0. The lowest BCUT2D eigenvalue weighted by molar-refractivity contribution is -0.0546. The Balaban J connectivity index is 2.90. The molecule has 0 saturated carbocycles. The number of rotatable bonds is 4. The molecular weight excluding hydrogens is 178 g/mol. The lowest BCUT2D eigenvalue weighted by atomic mass is 10.0. The first-order valence-electron chi connectivity index (χ1n) is 4.75. The van der Waals surface area contributed by atoms with Crippen molar-refractivity contribution in [1.29, 1.82) is 0 Å². The van der Waals surface area contributed by atoms with Crippen molar-refractivity contribution in [3.05, 3.63) is 35.9 Å². The van der Waals surface area contributed by atoms with Gasteiger partial charge in [-0.1, -0.05) is 30.3 Å². The minimum absolute atomic E-state index is 0.104. The maximum Gasteiger partial charge on any atom is 0.165 e. The molecule has 0 spiro atoms. The van der Waals surface area contributed by atoms with Gasteiger partial charge < -0.3 is 10.2 Å². The van der Waals surface area contributed by atoms with Gasteiger partial charge in [0.1, 0.15) is 0 Å². The van der Waals surface area contributed by atoms with Gasteiger partial charge in [0, 0.05) is 11.6 Å². The molecule has 3 heteroatoms. The molecule has 3 N–H and O–H groups in total. The molecule has 78 valence electrons. The zero-order valence-electron chi connectivity index (χ0n) is 8.57. The zero-order chi connectivity index (χ0) is 10.6. The monoisotopic (exact) mass is 195 g/mol. The highest BCUT2D eigenvalue weighted by Gasteiger charge is 2.28. The van der Waals surface area contributed by atoms with Crippen LogP contribution < -0.4 is 5.32 Å². The molecule has 0 amide bonds. The maximum absolute atomic E-state index is 10.1. The van der Waals surface area contributed by atoms with E-state index in [1.807, 2.05) is 32.0 Å².